The van der Waals surface area contributed by atoms with Gasteiger partial charge in [-0.3, -0.25) is 4.63 Å². The van der Waals surface area contributed by atoms with Gasteiger partial charge < -0.3 is 20.4 Å². The van der Waals surface area contributed by atoms with E-state index >= 15 is 0 Å². The van der Waals surface area contributed by atoms with Gasteiger partial charge in [0, 0.05) is 23.8 Å². The summed E-state index contributed by atoms with van der Waals surface area (Å²) in [6.45, 7) is 1.76. The number of anilines is 1. The van der Waals surface area contributed by atoms with Crippen LogP contribution in [0.4, 0.5) is 5.69 Å². The summed E-state index contributed by atoms with van der Waals surface area (Å²) in [4.78, 5) is 0.333. The van der Waals surface area contributed by atoms with Crippen LogP contribution in [-0.2, 0) is 0 Å². The molecule has 0 unspecified atom stereocenters. The van der Waals surface area contributed by atoms with Gasteiger partial charge in [0.2, 0.25) is 12.5 Å². The van der Waals surface area contributed by atoms with Crippen LogP contribution in [0.2, 0.25) is 0 Å². The number of aromatic nitrogens is 2. The molecule has 0 bridgehead atoms. The van der Waals surface area contributed by atoms with E-state index < -0.39 is 0 Å². The molecular formula is C10H9N3O4. The van der Waals surface area contributed by atoms with Crippen molar-refractivity contribution in [3.63, 3.8) is 0 Å². The smallest absolute Gasteiger partial charge is 0.253 e. The second-order valence-electron chi connectivity index (χ2n) is 3.66. The Kier molecular flexibility index (Phi) is 1.88. The molecule has 0 amide bonds. The molecule has 0 spiro atoms. The maximum absolute atomic E-state index is 11.1. The van der Waals surface area contributed by atoms with E-state index in [0.717, 1.165) is 0 Å². The number of nitrogen functional groups attached to an aromatic ring is 1. The predicted octanol–water partition coefficient (Wildman–Crippen LogP) is 0.594. The molecular weight excluding hydrogens is 226 g/mol. The van der Waals surface area contributed by atoms with Crippen molar-refractivity contribution in [2.45, 2.75) is 6.92 Å². The fourth-order valence-electron chi connectivity index (χ4n) is 1.70. The molecule has 3 rings (SSSR count). The molecule has 1 aromatic heterocycles. The Hall–Kier alpha value is -2.44. The zero-order valence-corrected chi connectivity index (χ0v) is 8.97. The Balaban J connectivity index is 2.18. The molecule has 2 heterocycles. The van der Waals surface area contributed by atoms with Crippen molar-refractivity contribution in [2.24, 2.45) is 0 Å². The van der Waals surface area contributed by atoms with Crippen molar-refractivity contribution >= 4 is 5.69 Å². The van der Waals surface area contributed by atoms with Crippen LogP contribution in [0, 0.1) is 12.1 Å². The SMILES string of the molecule is Cc1c(-c2cc3c(cc2N)OCO3)no[n+]1[O-]. The number of hydrogen-bond acceptors (Lipinski definition) is 6. The number of ether oxygens (including phenoxy) is 2. The van der Waals surface area contributed by atoms with Crippen LogP contribution < -0.4 is 20.1 Å². The minimum absolute atomic E-state index is 0.164. The van der Waals surface area contributed by atoms with E-state index in [1.165, 1.54) is 0 Å². The summed E-state index contributed by atoms with van der Waals surface area (Å²) >= 11 is 0. The van der Waals surface area contributed by atoms with Gasteiger partial charge in [-0.05, 0) is 11.0 Å². The van der Waals surface area contributed by atoms with Crippen molar-refractivity contribution in [3.8, 4) is 22.8 Å². The molecule has 7 nitrogen and oxygen atoms in total. The van der Waals surface area contributed by atoms with Gasteiger partial charge in [0.25, 0.3) is 5.69 Å². The molecule has 7 heteroatoms. The van der Waals surface area contributed by atoms with Crippen molar-refractivity contribution in [3.05, 3.63) is 23.0 Å². The third-order valence-electron chi connectivity index (χ3n) is 2.62. The summed E-state index contributed by atoms with van der Waals surface area (Å²) in [5.41, 5.74) is 7.66. The Labute approximate surface area is 95.9 Å². The second kappa shape index (κ2) is 3.27. The van der Waals surface area contributed by atoms with E-state index in [1.54, 1.807) is 19.1 Å². The highest BCUT2D eigenvalue weighted by atomic mass is 16.8. The molecule has 1 aromatic carbocycles. The minimum Gasteiger partial charge on any atom is -0.454 e. The largest absolute Gasteiger partial charge is 0.454 e. The average Bonchev–Trinajstić information content (AvgIpc) is 2.86. The van der Waals surface area contributed by atoms with Gasteiger partial charge >= 0.3 is 0 Å². The van der Waals surface area contributed by atoms with E-state index in [0.29, 0.717) is 39.0 Å². The quantitative estimate of drug-likeness (QED) is 0.574. The normalized spacial score (nSPS) is 13.0. The van der Waals surface area contributed by atoms with Gasteiger partial charge in [-0.2, -0.15) is 0 Å². The van der Waals surface area contributed by atoms with Crippen LogP contribution in [-0.4, -0.2) is 11.9 Å². The fraction of sp³-hybridized carbons (Fsp3) is 0.200. The van der Waals surface area contributed by atoms with Crippen molar-refractivity contribution < 1.29 is 19.0 Å². The number of rotatable bonds is 1. The lowest BCUT2D eigenvalue weighted by Crippen LogP contribution is -2.25. The zero-order valence-electron chi connectivity index (χ0n) is 8.97. The first-order valence-electron chi connectivity index (χ1n) is 4.92. The van der Waals surface area contributed by atoms with Crippen molar-refractivity contribution in [2.75, 3.05) is 12.5 Å². The lowest BCUT2D eigenvalue weighted by molar-refractivity contribution is -0.806. The van der Waals surface area contributed by atoms with Crippen LogP contribution in [0.25, 0.3) is 11.3 Å². The minimum atomic E-state index is 0.164. The van der Waals surface area contributed by atoms with E-state index in [9.17, 15) is 5.21 Å². The summed E-state index contributed by atoms with van der Waals surface area (Å²) in [6, 6.07) is 3.32. The molecule has 1 aliphatic heterocycles. The van der Waals surface area contributed by atoms with E-state index in [-0.39, 0.29) is 6.79 Å². The third kappa shape index (κ3) is 1.36. The van der Waals surface area contributed by atoms with Gasteiger partial charge in [0.05, 0.1) is 5.56 Å². The lowest BCUT2D eigenvalue weighted by Gasteiger charge is -2.02. The summed E-state index contributed by atoms with van der Waals surface area (Å²) in [7, 11) is 0. The average molecular weight is 235 g/mol. The molecule has 0 atom stereocenters. The highest BCUT2D eigenvalue weighted by Crippen LogP contribution is 2.39. The van der Waals surface area contributed by atoms with Gasteiger partial charge in [0.1, 0.15) is 0 Å². The summed E-state index contributed by atoms with van der Waals surface area (Å²) in [5, 5.41) is 14.8. The molecule has 0 radical (unpaired) electrons. The fourth-order valence-corrected chi connectivity index (χ4v) is 1.70. The van der Waals surface area contributed by atoms with E-state index in [4.69, 9.17) is 15.2 Å². The molecule has 1 aliphatic rings. The summed E-state index contributed by atoms with van der Waals surface area (Å²) < 4.78 is 14.9. The molecule has 2 N–H and O–H groups in total. The Morgan fingerprint density at radius 3 is 2.71 bits per heavy atom. The van der Waals surface area contributed by atoms with Gasteiger partial charge in [-0.1, -0.05) is 0 Å². The van der Waals surface area contributed by atoms with Crippen LogP contribution >= 0.6 is 0 Å². The predicted molar refractivity (Wildman–Crippen MR) is 56.2 cm³/mol. The van der Waals surface area contributed by atoms with Crippen LogP contribution in [0.1, 0.15) is 5.69 Å². The molecule has 0 fully saturated rings. The maximum atomic E-state index is 11.1. The first-order chi connectivity index (χ1) is 8.16. The molecule has 17 heavy (non-hydrogen) atoms. The third-order valence-corrected chi connectivity index (χ3v) is 2.62. The monoisotopic (exact) mass is 235 g/mol. The van der Waals surface area contributed by atoms with Crippen LogP contribution in [0.3, 0.4) is 0 Å². The van der Waals surface area contributed by atoms with E-state index in [1.807, 2.05) is 0 Å². The number of benzene rings is 1. The highest BCUT2D eigenvalue weighted by molar-refractivity contribution is 5.78. The summed E-state index contributed by atoms with van der Waals surface area (Å²) in [5.74, 6) is 1.16. The van der Waals surface area contributed by atoms with Gasteiger partial charge in [0.15, 0.2) is 11.5 Å². The zero-order chi connectivity index (χ0) is 12.0. The first-order valence-corrected chi connectivity index (χ1v) is 4.92. The van der Waals surface area contributed by atoms with Crippen LogP contribution in [0.15, 0.2) is 16.8 Å². The van der Waals surface area contributed by atoms with Crippen LogP contribution in [0.5, 0.6) is 11.5 Å². The number of fused-ring (bicyclic) bond motifs is 1. The van der Waals surface area contributed by atoms with Gasteiger partial charge in [-0.15, -0.1) is 0 Å². The first kappa shape index (κ1) is 9.76. The lowest BCUT2D eigenvalue weighted by atomic mass is 10.1. The number of hydrogen-bond donors (Lipinski definition) is 1. The van der Waals surface area contributed by atoms with Gasteiger partial charge in [-0.25, -0.2) is 0 Å². The Morgan fingerprint density at radius 1 is 1.35 bits per heavy atom. The van der Waals surface area contributed by atoms with E-state index in [2.05, 4.69) is 9.79 Å². The molecule has 0 saturated carbocycles. The molecule has 2 aromatic rings. The topological polar surface area (TPSA) is 97.5 Å². The molecule has 0 saturated heterocycles. The Bertz CT molecular complexity index is 593. The highest BCUT2D eigenvalue weighted by Gasteiger charge is 2.23. The summed E-state index contributed by atoms with van der Waals surface area (Å²) in [6.07, 6.45) is 0. The maximum Gasteiger partial charge on any atom is 0.253 e. The molecule has 88 valence electrons. The number of nitrogens with zero attached hydrogens (tertiary/aromatic N) is 2. The second-order valence-corrected chi connectivity index (χ2v) is 3.66. The Morgan fingerprint density at radius 2 is 2.06 bits per heavy atom. The van der Waals surface area contributed by atoms with Crippen molar-refractivity contribution in [1.29, 1.82) is 0 Å². The number of nitrogens with two attached hydrogens (primary N) is 1. The van der Waals surface area contributed by atoms with Crippen molar-refractivity contribution in [1.82, 2.24) is 5.16 Å². The standard InChI is InChI=1S/C10H9N3O4/c1-5-10(12-17-13(5)14)6-2-8-9(3-7(6)11)16-4-15-8/h2-3H,4,11H2,1H3. The molecule has 0 aliphatic carbocycles.